The Morgan fingerprint density at radius 2 is 1.88 bits per heavy atom. The van der Waals surface area contributed by atoms with Crippen LogP contribution in [-0.4, -0.2) is 21.8 Å². The molecule has 0 aliphatic carbocycles. The van der Waals surface area contributed by atoms with E-state index < -0.39 is 5.97 Å². The van der Waals surface area contributed by atoms with Crippen LogP contribution in [0.15, 0.2) is 35.7 Å². The van der Waals surface area contributed by atoms with Crippen LogP contribution in [0.5, 0.6) is 0 Å². The second-order valence-electron chi connectivity index (χ2n) is 3.04. The van der Waals surface area contributed by atoms with E-state index in [1.54, 1.807) is 30.3 Å². The van der Waals surface area contributed by atoms with E-state index in [1.165, 1.54) is 5.38 Å². The maximum atomic E-state index is 11.8. The summed E-state index contributed by atoms with van der Waals surface area (Å²) < 4.78 is 0. The van der Waals surface area contributed by atoms with Crippen molar-refractivity contribution in [1.82, 2.24) is 4.98 Å². The van der Waals surface area contributed by atoms with E-state index >= 15 is 0 Å². The van der Waals surface area contributed by atoms with Crippen molar-refractivity contribution < 1.29 is 14.7 Å². The fraction of sp³-hybridized carbons (Fsp3) is 0. The van der Waals surface area contributed by atoms with Gasteiger partial charge in [-0.1, -0.05) is 30.3 Å². The number of thiazole rings is 1. The summed E-state index contributed by atoms with van der Waals surface area (Å²) in [7, 11) is 0. The van der Waals surface area contributed by atoms with Crippen molar-refractivity contribution in [3.63, 3.8) is 0 Å². The number of rotatable bonds is 3. The van der Waals surface area contributed by atoms with Gasteiger partial charge in [-0.2, -0.15) is 0 Å². The van der Waals surface area contributed by atoms with Crippen molar-refractivity contribution in [1.29, 1.82) is 0 Å². The summed E-state index contributed by atoms with van der Waals surface area (Å²) >= 11 is 1.04. The van der Waals surface area contributed by atoms with Gasteiger partial charge >= 0.3 is 5.97 Å². The fourth-order valence-electron chi connectivity index (χ4n) is 1.19. The van der Waals surface area contributed by atoms with Gasteiger partial charge in [0, 0.05) is 10.9 Å². The summed E-state index contributed by atoms with van der Waals surface area (Å²) in [5.74, 6) is -1.37. The van der Waals surface area contributed by atoms with E-state index in [0.29, 0.717) is 5.56 Å². The average Bonchev–Trinajstić information content (AvgIpc) is 2.78. The van der Waals surface area contributed by atoms with E-state index in [0.717, 1.165) is 11.3 Å². The number of ketones is 1. The van der Waals surface area contributed by atoms with E-state index in [1.807, 2.05) is 0 Å². The molecule has 1 heterocycles. The Labute approximate surface area is 95.2 Å². The molecule has 0 spiro atoms. The zero-order chi connectivity index (χ0) is 11.5. The number of hydrogen-bond acceptors (Lipinski definition) is 4. The Balaban J connectivity index is 2.31. The van der Waals surface area contributed by atoms with Crippen molar-refractivity contribution in [2.24, 2.45) is 0 Å². The van der Waals surface area contributed by atoms with Gasteiger partial charge in [0.2, 0.25) is 5.78 Å². The molecule has 16 heavy (non-hydrogen) atoms. The van der Waals surface area contributed by atoms with Crippen molar-refractivity contribution in [3.8, 4) is 0 Å². The lowest BCUT2D eigenvalue weighted by Gasteiger charge is -1.94. The SMILES string of the molecule is O=C(O)c1csc(C(=O)c2ccccc2)n1. The predicted octanol–water partition coefficient (Wildman–Crippen LogP) is 2.07. The fourth-order valence-corrected chi connectivity index (χ4v) is 1.94. The molecule has 2 aromatic rings. The minimum atomic E-state index is -1.12. The topological polar surface area (TPSA) is 67.3 Å². The highest BCUT2D eigenvalue weighted by molar-refractivity contribution is 7.12. The molecule has 0 atom stereocenters. The molecule has 4 nitrogen and oxygen atoms in total. The Morgan fingerprint density at radius 1 is 1.19 bits per heavy atom. The lowest BCUT2D eigenvalue weighted by atomic mass is 10.1. The third-order valence-electron chi connectivity index (χ3n) is 1.95. The molecule has 1 aromatic heterocycles. The zero-order valence-corrected chi connectivity index (χ0v) is 8.90. The van der Waals surface area contributed by atoms with Crippen LogP contribution in [-0.2, 0) is 0 Å². The summed E-state index contributed by atoms with van der Waals surface area (Å²) in [6.45, 7) is 0. The average molecular weight is 233 g/mol. The number of aromatic carboxylic acids is 1. The van der Waals surface area contributed by atoms with Crippen molar-refractivity contribution in [2.45, 2.75) is 0 Å². The molecular weight excluding hydrogens is 226 g/mol. The quantitative estimate of drug-likeness (QED) is 0.824. The van der Waals surface area contributed by atoms with Gasteiger partial charge in [-0.15, -0.1) is 11.3 Å². The predicted molar refractivity (Wildman–Crippen MR) is 58.9 cm³/mol. The first-order valence-corrected chi connectivity index (χ1v) is 5.35. The van der Waals surface area contributed by atoms with Crippen molar-refractivity contribution in [3.05, 3.63) is 52.0 Å². The molecular formula is C11H7NO3S. The van der Waals surface area contributed by atoms with Crippen LogP contribution in [0.3, 0.4) is 0 Å². The molecule has 0 fully saturated rings. The third kappa shape index (κ3) is 1.99. The van der Waals surface area contributed by atoms with E-state index in [-0.39, 0.29) is 16.5 Å². The molecule has 0 aliphatic rings. The van der Waals surface area contributed by atoms with Crippen LogP contribution in [0.25, 0.3) is 0 Å². The highest BCUT2D eigenvalue weighted by Gasteiger charge is 2.15. The van der Waals surface area contributed by atoms with E-state index in [2.05, 4.69) is 4.98 Å². The van der Waals surface area contributed by atoms with Gasteiger partial charge in [0.1, 0.15) is 0 Å². The second kappa shape index (κ2) is 4.24. The highest BCUT2D eigenvalue weighted by Crippen LogP contribution is 2.14. The maximum absolute atomic E-state index is 11.8. The lowest BCUT2D eigenvalue weighted by molar-refractivity contribution is 0.0691. The molecule has 0 saturated carbocycles. The minimum absolute atomic E-state index is 0.0933. The first-order chi connectivity index (χ1) is 7.68. The van der Waals surface area contributed by atoms with Gasteiger partial charge in [-0.05, 0) is 0 Å². The monoisotopic (exact) mass is 233 g/mol. The molecule has 2 rings (SSSR count). The molecule has 1 N–H and O–H groups in total. The number of nitrogens with zero attached hydrogens (tertiary/aromatic N) is 1. The number of hydrogen-bond donors (Lipinski definition) is 1. The molecule has 0 saturated heterocycles. The number of aromatic nitrogens is 1. The first kappa shape index (κ1) is 10.5. The molecule has 0 aliphatic heterocycles. The van der Waals surface area contributed by atoms with Gasteiger partial charge in [0.05, 0.1) is 0 Å². The molecule has 5 heteroatoms. The summed E-state index contributed by atoms with van der Waals surface area (Å²) in [4.78, 5) is 26.2. The summed E-state index contributed by atoms with van der Waals surface area (Å²) in [5.41, 5.74) is 0.415. The normalized spacial score (nSPS) is 10.0. The van der Waals surface area contributed by atoms with Crippen LogP contribution >= 0.6 is 11.3 Å². The number of carboxylic acid groups (broad SMARTS) is 1. The number of carbonyl (C=O) groups excluding carboxylic acids is 1. The Morgan fingerprint density at radius 3 is 2.44 bits per heavy atom. The Hall–Kier alpha value is -2.01. The molecule has 1 aromatic carbocycles. The van der Waals surface area contributed by atoms with Crippen molar-refractivity contribution in [2.75, 3.05) is 0 Å². The number of carboxylic acids is 1. The van der Waals surface area contributed by atoms with Gasteiger partial charge in [-0.25, -0.2) is 9.78 Å². The lowest BCUT2D eigenvalue weighted by Crippen LogP contribution is -2.02. The Bertz CT molecular complexity index is 533. The van der Waals surface area contributed by atoms with Gasteiger partial charge in [0.15, 0.2) is 10.7 Å². The van der Waals surface area contributed by atoms with Crippen LogP contribution in [0, 0.1) is 0 Å². The molecule has 80 valence electrons. The van der Waals surface area contributed by atoms with Crippen LogP contribution in [0.4, 0.5) is 0 Å². The first-order valence-electron chi connectivity index (χ1n) is 4.47. The second-order valence-corrected chi connectivity index (χ2v) is 3.90. The molecule has 0 radical (unpaired) electrons. The third-order valence-corrected chi connectivity index (χ3v) is 2.79. The van der Waals surface area contributed by atoms with Gasteiger partial charge in [0.25, 0.3) is 0 Å². The van der Waals surface area contributed by atoms with E-state index in [9.17, 15) is 9.59 Å². The standard InChI is InChI=1S/C11H7NO3S/c13-9(7-4-2-1-3-5-7)10-12-8(6-16-10)11(14)15/h1-6H,(H,14,15). The van der Waals surface area contributed by atoms with Crippen molar-refractivity contribution >= 4 is 23.1 Å². The number of carbonyl (C=O) groups is 2. The highest BCUT2D eigenvalue weighted by atomic mass is 32.1. The summed E-state index contributed by atoms with van der Waals surface area (Å²) in [6, 6.07) is 8.65. The molecule has 0 amide bonds. The largest absolute Gasteiger partial charge is 0.476 e. The van der Waals surface area contributed by atoms with Crippen LogP contribution in [0.2, 0.25) is 0 Å². The van der Waals surface area contributed by atoms with Gasteiger partial charge in [-0.3, -0.25) is 4.79 Å². The Kier molecular flexibility index (Phi) is 2.78. The van der Waals surface area contributed by atoms with Crippen LogP contribution in [0.1, 0.15) is 25.9 Å². The maximum Gasteiger partial charge on any atom is 0.355 e. The molecule has 0 bridgehead atoms. The zero-order valence-electron chi connectivity index (χ0n) is 8.08. The van der Waals surface area contributed by atoms with Gasteiger partial charge < -0.3 is 5.11 Å². The smallest absolute Gasteiger partial charge is 0.355 e. The number of benzene rings is 1. The molecule has 0 unspecified atom stereocenters. The summed E-state index contributed by atoms with van der Waals surface area (Å²) in [5, 5.41) is 10.2. The summed E-state index contributed by atoms with van der Waals surface area (Å²) in [6.07, 6.45) is 0. The minimum Gasteiger partial charge on any atom is -0.476 e. The van der Waals surface area contributed by atoms with Crippen LogP contribution < -0.4 is 0 Å². The van der Waals surface area contributed by atoms with E-state index in [4.69, 9.17) is 5.11 Å².